The van der Waals surface area contributed by atoms with E-state index >= 15 is 0 Å². The predicted molar refractivity (Wildman–Crippen MR) is 69.8 cm³/mol. The number of imidazole rings is 1. The van der Waals surface area contributed by atoms with Crippen LogP contribution in [0.3, 0.4) is 0 Å². The quantitative estimate of drug-likeness (QED) is 0.664. The minimum absolute atomic E-state index is 0.274. The van der Waals surface area contributed by atoms with Crippen LogP contribution in [0.5, 0.6) is 0 Å². The molecular formula is C12H11FN6. The van der Waals surface area contributed by atoms with Crippen molar-refractivity contribution in [2.75, 3.05) is 11.1 Å². The number of anilines is 2. The molecule has 0 spiro atoms. The molecule has 0 bridgehead atoms. The van der Waals surface area contributed by atoms with Crippen LogP contribution in [-0.2, 0) is 6.54 Å². The molecule has 7 heteroatoms. The number of aromatic nitrogens is 4. The van der Waals surface area contributed by atoms with Gasteiger partial charge in [-0.2, -0.15) is 9.97 Å². The van der Waals surface area contributed by atoms with Gasteiger partial charge in [0.05, 0.1) is 6.33 Å². The molecule has 0 aliphatic carbocycles. The van der Waals surface area contributed by atoms with E-state index < -0.39 is 0 Å². The average Bonchev–Trinajstić information content (AvgIpc) is 2.87. The van der Waals surface area contributed by atoms with E-state index in [9.17, 15) is 4.39 Å². The number of nitrogens with one attached hydrogen (secondary N) is 2. The Hall–Kier alpha value is -2.70. The van der Waals surface area contributed by atoms with E-state index in [0.717, 1.165) is 0 Å². The first-order chi connectivity index (χ1) is 9.24. The molecule has 2 heterocycles. The van der Waals surface area contributed by atoms with Gasteiger partial charge in [-0.25, -0.2) is 9.37 Å². The molecule has 0 aliphatic rings. The van der Waals surface area contributed by atoms with Gasteiger partial charge in [0, 0.05) is 12.1 Å². The maximum atomic E-state index is 13.5. The van der Waals surface area contributed by atoms with Gasteiger partial charge in [-0.1, -0.05) is 18.2 Å². The molecule has 0 fully saturated rings. The third-order valence-corrected chi connectivity index (χ3v) is 2.71. The lowest BCUT2D eigenvalue weighted by Gasteiger charge is -2.06. The normalized spacial score (nSPS) is 10.8. The van der Waals surface area contributed by atoms with Crippen LogP contribution >= 0.6 is 0 Å². The summed E-state index contributed by atoms with van der Waals surface area (Å²) in [7, 11) is 0. The summed E-state index contributed by atoms with van der Waals surface area (Å²) in [5.74, 6) is 0.350. The van der Waals surface area contributed by atoms with Gasteiger partial charge in [-0.05, 0) is 6.07 Å². The number of rotatable bonds is 3. The molecule has 2 aromatic heterocycles. The van der Waals surface area contributed by atoms with Crippen molar-refractivity contribution < 1.29 is 4.39 Å². The van der Waals surface area contributed by atoms with Crippen molar-refractivity contribution in [3.8, 4) is 0 Å². The zero-order chi connectivity index (χ0) is 13.2. The fourth-order valence-corrected chi connectivity index (χ4v) is 1.75. The molecule has 0 unspecified atom stereocenters. The molecule has 0 saturated carbocycles. The number of nitrogens with two attached hydrogens (primary N) is 1. The molecular weight excluding hydrogens is 247 g/mol. The van der Waals surface area contributed by atoms with Crippen molar-refractivity contribution in [3.63, 3.8) is 0 Å². The number of nitrogen functional groups attached to an aromatic ring is 1. The number of fused-ring (bicyclic) bond motifs is 1. The zero-order valence-electron chi connectivity index (χ0n) is 9.89. The maximum Gasteiger partial charge on any atom is 0.227 e. The van der Waals surface area contributed by atoms with Crippen LogP contribution in [0, 0.1) is 5.82 Å². The lowest BCUT2D eigenvalue weighted by Crippen LogP contribution is -2.07. The molecule has 19 heavy (non-hydrogen) atoms. The lowest BCUT2D eigenvalue weighted by atomic mass is 10.2. The molecule has 0 radical (unpaired) electrons. The molecule has 96 valence electrons. The van der Waals surface area contributed by atoms with E-state index in [2.05, 4.69) is 25.3 Å². The highest BCUT2D eigenvalue weighted by Crippen LogP contribution is 2.16. The third kappa shape index (κ3) is 2.17. The Labute approximate surface area is 107 Å². The van der Waals surface area contributed by atoms with Gasteiger partial charge in [0.2, 0.25) is 5.95 Å². The molecule has 0 amide bonds. The molecule has 0 saturated heterocycles. The highest BCUT2D eigenvalue weighted by atomic mass is 19.1. The van der Waals surface area contributed by atoms with Gasteiger partial charge in [-0.15, -0.1) is 0 Å². The van der Waals surface area contributed by atoms with Gasteiger partial charge < -0.3 is 16.0 Å². The number of hydrogen-bond donors (Lipinski definition) is 3. The Kier molecular flexibility index (Phi) is 2.71. The van der Waals surface area contributed by atoms with E-state index in [1.165, 1.54) is 12.4 Å². The van der Waals surface area contributed by atoms with Crippen LogP contribution in [0.1, 0.15) is 5.56 Å². The monoisotopic (exact) mass is 258 g/mol. The molecule has 3 aromatic rings. The largest absolute Gasteiger partial charge is 0.382 e. The Bertz CT molecular complexity index is 723. The average molecular weight is 258 g/mol. The zero-order valence-corrected chi connectivity index (χ0v) is 9.89. The Morgan fingerprint density at radius 3 is 2.95 bits per heavy atom. The van der Waals surface area contributed by atoms with Crippen LogP contribution in [0.4, 0.5) is 16.2 Å². The number of H-pyrrole nitrogens is 1. The van der Waals surface area contributed by atoms with Crippen LogP contribution in [0.2, 0.25) is 0 Å². The first-order valence-corrected chi connectivity index (χ1v) is 5.68. The summed E-state index contributed by atoms with van der Waals surface area (Å²) in [5.41, 5.74) is 7.37. The first kappa shape index (κ1) is 11.4. The number of benzene rings is 1. The Morgan fingerprint density at radius 2 is 2.11 bits per heavy atom. The van der Waals surface area contributed by atoms with Crippen LogP contribution in [0.15, 0.2) is 30.6 Å². The standard InChI is InChI=1S/C12H11FN6/c13-8-4-2-1-3-7(8)5-15-12-18-10(14)9-11(19-12)17-6-16-9/h1-4,6H,5H2,(H4,14,15,16,17,18,19). The van der Waals surface area contributed by atoms with Gasteiger partial charge >= 0.3 is 0 Å². The first-order valence-electron chi connectivity index (χ1n) is 5.68. The topological polar surface area (TPSA) is 92.5 Å². The maximum absolute atomic E-state index is 13.5. The van der Waals surface area contributed by atoms with Crippen molar-refractivity contribution in [3.05, 3.63) is 42.0 Å². The van der Waals surface area contributed by atoms with Crippen molar-refractivity contribution in [1.29, 1.82) is 0 Å². The second-order valence-electron chi connectivity index (χ2n) is 3.98. The summed E-state index contributed by atoms with van der Waals surface area (Å²) in [6.07, 6.45) is 1.50. The minimum Gasteiger partial charge on any atom is -0.382 e. The van der Waals surface area contributed by atoms with Crippen molar-refractivity contribution in [1.82, 2.24) is 19.9 Å². The van der Waals surface area contributed by atoms with Gasteiger partial charge in [0.15, 0.2) is 11.5 Å². The van der Waals surface area contributed by atoms with E-state index in [-0.39, 0.29) is 12.4 Å². The van der Waals surface area contributed by atoms with Crippen molar-refractivity contribution in [2.45, 2.75) is 6.54 Å². The number of halogens is 1. The van der Waals surface area contributed by atoms with E-state index in [0.29, 0.717) is 28.5 Å². The number of hydrogen-bond acceptors (Lipinski definition) is 5. The lowest BCUT2D eigenvalue weighted by molar-refractivity contribution is 0.612. The minimum atomic E-state index is -0.274. The summed E-state index contributed by atoms with van der Waals surface area (Å²) in [5, 5.41) is 2.93. The van der Waals surface area contributed by atoms with Gasteiger partial charge in [-0.3, -0.25) is 0 Å². The van der Waals surface area contributed by atoms with Crippen LogP contribution in [-0.4, -0.2) is 19.9 Å². The Balaban J connectivity index is 1.84. The fraction of sp³-hybridized carbons (Fsp3) is 0.0833. The smallest absolute Gasteiger partial charge is 0.227 e. The molecule has 3 rings (SSSR count). The second-order valence-corrected chi connectivity index (χ2v) is 3.98. The van der Waals surface area contributed by atoms with E-state index in [1.54, 1.807) is 18.2 Å². The highest BCUT2D eigenvalue weighted by molar-refractivity contribution is 5.82. The summed E-state index contributed by atoms with van der Waals surface area (Å²) in [6.45, 7) is 0.280. The molecule has 0 atom stereocenters. The van der Waals surface area contributed by atoms with Gasteiger partial charge in [0.1, 0.15) is 11.3 Å². The third-order valence-electron chi connectivity index (χ3n) is 2.71. The van der Waals surface area contributed by atoms with E-state index in [1.807, 2.05) is 0 Å². The Morgan fingerprint density at radius 1 is 1.26 bits per heavy atom. The summed E-state index contributed by atoms with van der Waals surface area (Å²) in [6, 6.07) is 6.51. The highest BCUT2D eigenvalue weighted by Gasteiger charge is 2.07. The SMILES string of the molecule is Nc1nc(NCc2ccccc2F)nc2nc[nH]c12. The molecule has 4 N–H and O–H groups in total. The molecule has 1 aromatic carbocycles. The molecule has 6 nitrogen and oxygen atoms in total. The van der Waals surface area contributed by atoms with Crippen LogP contribution in [0.25, 0.3) is 11.2 Å². The van der Waals surface area contributed by atoms with Crippen LogP contribution < -0.4 is 11.1 Å². The number of aromatic amines is 1. The summed E-state index contributed by atoms with van der Waals surface area (Å²) in [4.78, 5) is 15.1. The fourth-order valence-electron chi connectivity index (χ4n) is 1.75. The summed E-state index contributed by atoms with van der Waals surface area (Å²) >= 11 is 0. The predicted octanol–water partition coefficient (Wildman–Crippen LogP) is 1.69. The van der Waals surface area contributed by atoms with Gasteiger partial charge in [0.25, 0.3) is 0 Å². The molecule has 0 aliphatic heterocycles. The summed E-state index contributed by atoms with van der Waals surface area (Å²) < 4.78 is 13.5. The van der Waals surface area contributed by atoms with Crippen molar-refractivity contribution in [2.24, 2.45) is 0 Å². The van der Waals surface area contributed by atoms with Crippen molar-refractivity contribution >= 4 is 22.9 Å². The van der Waals surface area contributed by atoms with E-state index in [4.69, 9.17) is 5.73 Å². The number of nitrogens with zero attached hydrogens (tertiary/aromatic N) is 3. The second kappa shape index (κ2) is 4.52.